The Labute approximate surface area is 390 Å². The summed E-state index contributed by atoms with van der Waals surface area (Å²) < 4.78 is 18.3. The Morgan fingerprint density at radius 3 is 1.47 bits per heavy atom. The summed E-state index contributed by atoms with van der Waals surface area (Å²) in [7, 11) is 0. The summed E-state index contributed by atoms with van der Waals surface area (Å²) in [5.74, 6) is 0. The minimum Gasteiger partial charge on any atom is -0.310 e. The van der Waals surface area contributed by atoms with Crippen LogP contribution in [0.25, 0.3) is 88.9 Å². The molecule has 312 valence electrons. The van der Waals surface area contributed by atoms with Gasteiger partial charge in [0.2, 0.25) is 0 Å². The average molecular weight is 844 g/mol. The van der Waals surface area contributed by atoms with Gasteiger partial charge in [-0.1, -0.05) is 226 Å². The second kappa shape index (κ2) is 16.1. The summed E-state index contributed by atoms with van der Waals surface area (Å²) in [6.07, 6.45) is 0. The highest BCUT2D eigenvalue weighted by molar-refractivity contribution is 6.23. The van der Waals surface area contributed by atoms with Crippen molar-refractivity contribution in [3.05, 3.63) is 259 Å². The maximum absolute atomic E-state index is 9.17. The molecule has 11 aromatic rings. The molecule has 1 aliphatic carbocycles. The fraction of sp³-hybridized carbons (Fsp3) is 0.0462. The van der Waals surface area contributed by atoms with Crippen LogP contribution in [0.15, 0.2) is 237 Å². The predicted molar refractivity (Wildman–Crippen MR) is 283 cm³/mol. The van der Waals surface area contributed by atoms with Gasteiger partial charge in [0.1, 0.15) is 0 Å². The molecule has 11 aromatic carbocycles. The van der Waals surface area contributed by atoms with Gasteiger partial charge in [0.05, 0.1) is 2.74 Å². The monoisotopic (exact) mass is 843 g/mol. The maximum atomic E-state index is 9.17. The second-order valence-electron chi connectivity index (χ2n) is 17.9. The first-order valence-corrected chi connectivity index (χ1v) is 22.8. The van der Waals surface area contributed by atoms with Crippen molar-refractivity contribution in [2.24, 2.45) is 0 Å². The molecular formula is C65H47N. The molecule has 1 heteroatoms. The standard InChI is InChI=1S/C65H47N/c1-65(2)61-26-13-12-20-54(61)55-42-41-52(43-62(55)65)66(50-17-4-3-5-18-50)51-39-31-45(32-40-51)28-27-44-29-33-46(34-30-44)47-35-37-49(38-36-47)63-57-21-8-10-23-59(57)64(60-24-11-9-22-58(60)63)56-25-14-16-48-15-6-7-19-53(48)56/h3-43H,1-2H3/b28-27+/i27D,28D. The molecule has 66 heavy (non-hydrogen) atoms. The van der Waals surface area contributed by atoms with Crippen LogP contribution in [-0.2, 0) is 5.41 Å². The Hall–Kier alpha value is -8.26. The number of fused-ring (bicyclic) bond motifs is 6. The lowest BCUT2D eigenvalue weighted by molar-refractivity contribution is 0.660. The van der Waals surface area contributed by atoms with E-state index in [4.69, 9.17) is 2.74 Å². The molecule has 0 N–H and O–H groups in total. The predicted octanol–water partition coefficient (Wildman–Crippen LogP) is 18.1. The molecule has 0 saturated heterocycles. The highest BCUT2D eigenvalue weighted by atomic mass is 15.1. The minimum atomic E-state index is -0.120. The first kappa shape index (κ1) is 37.1. The van der Waals surface area contributed by atoms with Crippen LogP contribution in [0, 0.1) is 0 Å². The summed E-state index contributed by atoms with van der Waals surface area (Å²) in [6, 6.07) is 84.2. The van der Waals surface area contributed by atoms with Crippen molar-refractivity contribution in [3.63, 3.8) is 0 Å². The van der Waals surface area contributed by atoms with Crippen molar-refractivity contribution in [1.82, 2.24) is 0 Å². The zero-order valence-electron chi connectivity index (χ0n) is 39.0. The van der Waals surface area contributed by atoms with E-state index in [-0.39, 0.29) is 17.5 Å². The highest BCUT2D eigenvalue weighted by Gasteiger charge is 2.35. The number of rotatable bonds is 8. The normalized spacial score (nSPS) is 13.5. The molecule has 0 fully saturated rings. The van der Waals surface area contributed by atoms with Crippen LogP contribution in [0.2, 0.25) is 0 Å². The SMILES string of the molecule is [2H]/C(=C(/[2H])c1ccc(N(c2ccccc2)c2ccc3c(c2)C(C)(C)c2ccccc2-3)cc1)c1ccc(-c2ccc(-c3c4ccccc4c(-c4cccc5ccccc45)c4ccccc34)cc2)cc1. The van der Waals surface area contributed by atoms with Crippen molar-refractivity contribution in [1.29, 1.82) is 0 Å². The Balaban J connectivity index is 0.832. The van der Waals surface area contributed by atoms with Crippen molar-refractivity contribution in [2.75, 3.05) is 4.90 Å². The number of hydrogen-bond donors (Lipinski definition) is 0. The van der Waals surface area contributed by atoms with Gasteiger partial charge in [0, 0.05) is 22.5 Å². The smallest absolute Gasteiger partial charge is 0.0629 e. The first-order chi connectivity index (χ1) is 33.3. The van der Waals surface area contributed by atoms with Crippen molar-refractivity contribution in [2.45, 2.75) is 19.3 Å². The van der Waals surface area contributed by atoms with E-state index in [0.29, 0.717) is 11.1 Å². The molecular weight excluding hydrogens is 795 g/mol. The summed E-state index contributed by atoms with van der Waals surface area (Å²) in [4.78, 5) is 2.27. The van der Waals surface area contributed by atoms with Crippen LogP contribution in [0.4, 0.5) is 17.1 Å². The van der Waals surface area contributed by atoms with E-state index in [9.17, 15) is 0 Å². The zero-order valence-corrected chi connectivity index (χ0v) is 37.0. The van der Waals surface area contributed by atoms with Crippen LogP contribution in [0.3, 0.4) is 0 Å². The van der Waals surface area contributed by atoms with Crippen LogP contribution in [0.1, 0.15) is 38.8 Å². The molecule has 0 atom stereocenters. The fourth-order valence-corrected chi connectivity index (χ4v) is 10.4. The van der Waals surface area contributed by atoms with Gasteiger partial charge < -0.3 is 4.90 Å². The fourth-order valence-electron chi connectivity index (χ4n) is 10.4. The first-order valence-electron chi connectivity index (χ1n) is 23.8. The third-order valence-corrected chi connectivity index (χ3v) is 13.7. The second-order valence-corrected chi connectivity index (χ2v) is 17.9. The number of nitrogens with zero attached hydrogens (tertiary/aromatic N) is 1. The van der Waals surface area contributed by atoms with Gasteiger partial charge in [0.25, 0.3) is 0 Å². The third kappa shape index (κ3) is 6.71. The van der Waals surface area contributed by atoms with Crippen LogP contribution in [0.5, 0.6) is 0 Å². The molecule has 0 saturated carbocycles. The maximum Gasteiger partial charge on any atom is 0.0629 e. The summed E-state index contributed by atoms with van der Waals surface area (Å²) >= 11 is 0. The van der Waals surface area contributed by atoms with E-state index in [0.717, 1.165) is 33.8 Å². The topological polar surface area (TPSA) is 3.24 Å². The Morgan fingerprint density at radius 2 is 0.803 bits per heavy atom. The van der Waals surface area contributed by atoms with Gasteiger partial charge in [-0.05, 0) is 135 Å². The summed E-state index contributed by atoms with van der Waals surface area (Å²) in [5, 5.41) is 7.42. The Kier molecular flexibility index (Phi) is 9.04. The van der Waals surface area contributed by atoms with Crippen LogP contribution in [-0.4, -0.2) is 0 Å². The number of para-hydroxylation sites is 1. The number of hydrogen-bond acceptors (Lipinski definition) is 1. The van der Waals surface area contributed by atoms with Crippen LogP contribution >= 0.6 is 0 Å². The third-order valence-electron chi connectivity index (χ3n) is 13.7. The lowest BCUT2D eigenvalue weighted by Gasteiger charge is -2.28. The number of anilines is 3. The molecule has 1 nitrogen and oxygen atoms in total. The van der Waals surface area contributed by atoms with E-state index in [2.05, 4.69) is 225 Å². The Bertz CT molecular complexity index is 3690. The summed E-state index contributed by atoms with van der Waals surface area (Å²) in [6.45, 7) is 4.62. The van der Waals surface area contributed by atoms with Crippen molar-refractivity contribution < 1.29 is 2.74 Å². The minimum absolute atomic E-state index is 0.120. The quantitative estimate of drug-likeness (QED) is 0.109. The molecule has 0 amide bonds. The Morgan fingerprint density at radius 1 is 0.348 bits per heavy atom. The average Bonchev–Trinajstić information content (AvgIpc) is 3.63. The molecule has 0 radical (unpaired) electrons. The van der Waals surface area contributed by atoms with E-state index in [1.165, 1.54) is 71.3 Å². The van der Waals surface area contributed by atoms with Crippen molar-refractivity contribution in [3.8, 4) is 44.5 Å². The highest BCUT2D eigenvalue weighted by Crippen LogP contribution is 2.51. The molecule has 0 aliphatic heterocycles. The van der Waals surface area contributed by atoms with Crippen LogP contribution < -0.4 is 4.90 Å². The molecule has 0 aromatic heterocycles. The number of benzene rings is 11. The van der Waals surface area contributed by atoms with Gasteiger partial charge in [-0.15, -0.1) is 0 Å². The van der Waals surface area contributed by atoms with E-state index in [1.54, 1.807) is 0 Å². The molecule has 0 heterocycles. The van der Waals surface area contributed by atoms with E-state index in [1.807, 2.05) is 30.3 Å². The molecule has 0 spiro atoms. The van der Waals surface area contributed by atoms with E-state index >= 15 is 0 Å². The van der Waals surface area contributed by atoms with Gasteiger partial charge in [0.15, 0.2) is 0 Å². The molecule has 12 rings (SSSR count). The van der Waals surface area contributed by atoms with Gasteiger partial charge in [-0.3, -0.25) is 0 Å². The van der Waals surface area contributed by atoms with Gasteiger partial charge >= 0.3 is 0 Å². The van der Waals surface area contributed by atoms with Gasteiger partial charge in [-0.25, -0.2) is 0 Å². The lowest BCUT2D eigenvalue weighted by Crippen LogP contribution is -2.16. The van der Waals surface area contributed by atoms with Gasteiger partial charge in [-0.2, -0.15) is 0 Å². The molecule has 1 aliphatic rings. The lowest BCUT2D eigenvalue weighted by atomic mass is 9.82. The molecule has 0 unspecified atom stereocenters. The largest absolute Gasteiger partial charge is 0.310 e. The van der Waals surface area contributed by atoms with Crippen molar-refractivity contribution >= 4 is 61.5 Å². The summed E-state index contributed by atoms with van der Waals surface area (Å²) in [5.41, 5.74) is 16.7. The molecule has 0 bridgehead atoms. The zero-order chi connectivity index (χ0) is 45.9. The van der Waals surface area contributed by atoms with E-state index < -0.39 is 0 Å².